The quantitative estimate of drug-likeness (QED) is 0.148. The van der Waals surface area contributed by atoms with Crippen molar-refractivity contribution in [1.29, 1.82) is 0 Å². The number of likely N-dealkylation sites (tertiary alicyclic amines) is 1. The number of carboxylic acids is 1. The predicted molar refractivity (Wildman–Crippen MR) is 194 cm³/mol. The molecule has 3 fully saturated rings. The predicted octanol–water partition coefficient (Wildman–Crippen LogP) is 7.94. The number of rotatable bonds is 14. The maximum absolute atomic E-state index is 12.4. The zero-order chi connectivity index (χ0) is 35.3. The first-order valence-corrected chi connectivity index (χ1v) is 18.4. The van der Waals surface area contributed by atoms with Gasteiger partial charge in [0.15, 0.2) is 6.29 Å². The lowest BCUT2D eigenvalue weighted by Crippen LogP contribution is -2.42. The summed E-state index contributed by atoms with van der Waals surface area (Å²) < 4.78 is 13.5. The SMILES string of the molecule is CC1(C)CC2CC(C)(CN2C[C@H]2C[C@@H](c3ccc(CO)cc3)O[C@@H](c3cccc(-c4cccc(CNC(=O)CCCCCC(=O)O)c4)c3)O2)C1. The molecule has 1 saturated carbocycles. The number of aliphatic hydroxyl groups is 1. The van der Waals surface area contributed by atoms with E-state index in [1.165, 1.54) is 19.3 Å². The number of unbranched alkanes of at least 4 members (excludes halogenated alkanes) is 2. The number of carbonyl (C=O) groups excluding carboxylic acids is 1. The van der Waals surface area contributed by atoms with Gasteiger partial charge < -0.3 is 25.0 Å². The second kappa shape index (κ2) is 15.8. The van der Waals surface area contributed by atoms with Crippen LogP contribution in [0.15, 0.2) is 72.8 Å². The molecule has 3 aromatic rings. The van der Waals surface area contributed by atoms with Gasteiger partial charge in [-0.2, -0.15) is 0 Å². The van der Waals surface area contributed by atoms with Crippen molar-refractivity contribution in [3.8, 4) is 11.1 Å². The number of amides is 1. The molecule has 50 heavy (non-hydrogen) atoms. The van der Waals surface area contributed by atoms with E-state index in [4.69, 9.17) is 14.6 Å². The molecule has 6 rings (SSSR count). The van der Waals surface area contributed by atoms with Crippen LogP contribution in [0.25, 0.3) is 11.1 Å². The summed E-state index contributed by atoms with van der Waals surface area (Å²) in [6.45, 7) is 9.75. The van der Waals surface area contributed by atoms with Gasteiger partial charge in [-0.15, -0.1) is 0 Å². The van der Waals surface area contributed by atoms with Crippen molar-refractivity contribution in [3.63, 3.8) is 0 Å². The van der Waals surface area contributed by atoms with Crippen LogP contribution in [0.3, 0.4) is 0 Å². The van der Waals surface area contributed by atoms with Crippen molar-refractivity contribution in [2.45, 2.75) is 116 Å². The molecule has 5 atom stereocenters. The number of nitrogens with zero attached hydrogens (tertiary/aromatic N) is 1. The number of benzene rings is 3. The Hall–Kier alpha value is -3.56. The van der Waals surface area contributed by atoms with Crippen LogP contribution in [-0.4, -0.2) is 52.2 Å². The van der Waals surface area contributed by atoms with Crippen molar-refractivity contribution in [2.24, 2.45) is 10.8 Å². The third-order valence-corrected chi connectivity index (χ3v) is 10.8. The van der Waals surface area contributed by atoms with Gasteiger partial charge in [0.2, 0.25) is 5.91 Å². The lowest BCUT2D eigenvalue weighted by atomic mass is 9.65. The van der Waals surface area contributed by atoms with Gasteiger partial charge in [-0.05, 0) is 82.9 Å². The van der Waals surface area contributed by atoms with Crippen LogP contribution in [0.2, 0.25) is 0 Å². The number of carboxylic acid groups (broad SMARTS) is 1. The molecule has 8 nitrogen and oxygen atoms in total. The Kier molecular flexibility index (Phi) is 11.4. The molecule has 2 heterocycles. The van der Waals surface area contributed by atoms with Crippen LogP contribution in [0.1, 0.15) is 113 Å². The topological polar surface area (TPSA) is 108 Å². The summed E-state index contributed by atoms with van der Waals surface area (Å²) in [7, 11) is 0. The Morgan fingerprint density at radius 1 is 0.860 bits per heavy atom. The molecule has 3 N–H and O–H groups in total. The van der Waals surface area contributed by atoms with E-state index >= 15 is 0 Å². The first-order valence-electron chi connectivity index (χ1n) is 18.4. The average Bonchev–Trinajstić information content (AvgIpc) is 3.33. The maximum Gasteiger partial charge on any atom is 0.303 e. The molecule has 2 unspecified atom stereocenters. The monoisotopic (exact) mass is 682 g/mol. The molecule has 0 radical (unpaired) electrons. The summed E-state index contributed by atoms with van der Waals surface area (Å²) in [5, 5.41) is 21.4. The minimum atomic E-state index is -0.796. The van der Waals surface area contributed by atoms with Crippen LogP contribution >= 0.6 is 0 Å². The number of carbonyl (C=O) groups is 2. The highest BCUT2D eigenvalue weighted by molar-refractivity contribution is 5.76. The van der Waals surface area contributed by atoms with Crippen molar-refractivity contribution in [1.82, 2.24) is 10.2 Å². The third-order valence-electron chi connectivity index (χ3n) is 10.8. The van der Waals surface area contributed by atoms with E-state index in [-0.39, 0.29) is 31.1 Å². The molecule has 3 aromatic carbocycles. The minimum absolute atomic E-state index is 0.00935. The maximum atomic E-state index is 12.4. The van der Waals surface area contributed by atoms with Crippen molar-refractivity contribution in [2.75, 3.05) is 13.1 Å². The van der Waals surface area contributed by atoms with Crippen LogP contribution < -0.4 is 5.32 Å². The highest BCUT2D eigenvalue weighted by Crippen LogP contribution is 2.53. The fourth-order valence-corrected chi connectivity index (χ4v) is 8.84. The summed E-state index contributed by atoms with van der Waals surface area (Å²) in [6.07, 6.45) is 6.42. The van der Waals surface area contributed by atoms with E-state index in [1.807, 2.05) is 24.3 Å². The number of hydrogen-bond acceptors (Lipinski definition) is 6. The Morgan fingerprint density at radius 3 is 2.36 bits per heavy atom. The zero-order valence-corrected chi connectivity index (χ0v) is 29.9. The Bertz CT molecular complexity index is 1620. The van der Waals surface area contributed by atoms with Gasteiger partial charge in [0.1, 0.15) is 0 Å². The fourth-order valence-electron chi connectivity index (χ4n) is 8.84. The van der Waals surface area contributed by atoms with Crippen molar-refractivity contribution < 1.29 is 29.3 Å². The Balaban J connectivity index is 1.15. The van der Waals surface area contributed by atoms with Gasteiger partial charge in [-0.3, -0.25) is 14.5 Å². The van der Waals surface area contributed by atoms with E-state index in [0.29, 0.717) is 42.7 Å². The second-order valence-corrected chi connectivity index (χ2v) is 16.1. The molecule has 8 heteroatoms. The Morgan fingerprint density at radius 2 is 1.60 bits per heavy atom. The average molecular weight is 683 g/mol. The van der Waals surface area contributed by atoms with E-state index in [0.717, 1.165) is 59.3 Å². The first kappa shape index (κ1) is 36.2. The molecule has 1 amide bonds. The van der Waals surface area contributed by atoms with Crippen LogP contribution in [0, 0.1) is 10.8 Å². The summed E-state index contributed by atoms with van der Waals surface area (Å²) in [5.74, 6) is -0.819. The van der Waals surface area contributed by atoms with Gasteiger partial charge in [0.25, 0.3) is 0 Å². The molecule has 1 aliphatic carbocycles. The van der Waals surface area contributed by atoms with E-state index in [1.54, 1.807) is 0 Å². The van der Waals surface area contributed by atoms with E-state index in [9.17, 15) is 14.7 Å². The largest absolute Gasteiger partial charge is 0.481 e. The molecule has 2 aliphatic heterocycles. The summed E-state index contributed by atoms with van der Waals surface area (Å²) in [5.41, 5.74) is 6.78. The smallest absolute Gasteiger partial charge is 0.303 e. The molecule has 2 bridgehead atoms. The molecule has 268 valence electrons. The van der Waals surface area contributed by atoms with Crippen molar-refractivity contribution >= 4 is 11.9 Å². The molecular weight excluding hydrogens is 628 g/mol. The Labute approximate surface area is 297 Å². The van der Waals surface area contributed by atoms with Gasteiger partial charge in [-0.25, -0.2) is 0 Å². The number of ether oxygens (including phenoxy) is 2. The highest BCUT2D eigenvalue weighted by atomic mass is 16.7. The molecule has 0 aromatic heterocycles. The van der Waals surface area contributed by atoms with Crippen molar-refractivity contribution in [3.05, 3.63) is 95.1 Å². The van der Waals surface area contributed by atoms with Crippen LogP contribution in [-0.2, 0) is 32.2 Å². The molecule has 0 spiro atoms. The number of nitrogens with one attached hydrogen (secondary N) is 1. The second-order valence-electron chi connectivity index (χ2n) is 16.1. The molecular formula is C42H54N2O6. The van der Waals surface area contributed by atoms with Gasteiger partial charge in [-0.1, -0.05) is 87.9 Å². The van der Waals surface area contributed by atoms with Gasteiger partial charge in [0, 0.05) is 50.5 Å². The molecule has 2 saturated heterocycles. The van der Waals surface area contributed by atoms with Crippen LogP contribution in [0.4, 0.5) is 0 Å². The standard InChI is InChI=1S/C42H54N2O6/c1-41(2)22-35-23-42(3,27-41)28-44(35)25-36-21-37(31-17-15-29(26-45)16-18-31)50-40(49-36)34-12-8-11-33(20-34)32-10-7-9-30(19-32)24-43-38(46)13-5-4-6-14-39(47)48/h7-12,15-20,35-37,40,45H,4-6,13-14,21-28H2,1-3H3,(H,43,46)(H,47,48)/t35?,36-,37+,40+,42?/m1/s1. The highest BCUT2D eigenvalue weighted by Gasteiger charge is 2.50. The number of aliphatic hydroxyl groups excluding tert-OH is 1. The van der Waals surface area contributed by atoms with E-state index in [2.05, 4.69) is 79.5 Å². The number of hydrogen-bond donors (Lipinski definition) is 3. The third kappa shape index (κ3) is 9.40. The lowest BCUT2D eigenvalue weighted by molar-refractivity contribution is -0.253. The number of fused-ring (bicyclic) bond motifs is 2. The summed E-state index contributed by atoms with van der Waals surface area (Å²) in [6, 6.07) is 25.3. The lowest BCUT2D eigenvalue weighted by Gasteiger charge is -2.41. The first-order chi connectivity index (χ1) is 24.0. The number of aliphatic carboxylic acids is 1. The van der Waals surface area contributed by atoms with Crippen LogP contribution in [0.5, 0.6) is 0 Å². The zero-order valence-electron chi connectivity index (χ0n) is 29.9. The van der Waals surface area contributed by atoms with E-state index < -0.39 is 12.3 Å². The fraction of sp³-hybridized carbons (Fsp3) is 0.524. The van der Waals surface area contributed by atoms with Gasteiger partial charge >= 0.3 is 5.97 Å². The summed E-state index contributed by atoms with van der Waals surface area (Å²) in [4.78, 5) is 25.8. The normalized spacial score (nSPS) is 26.1. The van der Waals surface area contributed by atoms with Gasteiger partial charge in [0.05, 0.1) is 18.8 Å². The minimum Gasteiger partial charge on any atom is -0.481 e. The molecule has 3 aliphatic rings. The summed E-state index contributed by atoms with van der Waals surface area (Å²) >= 11 is 0.